The number of methoxy groups -OCH3 is 4. The second kappa shape index (κ2) is 9.26. The number of esters is 1. The highest BCUT2D eigenvalue weighted by Gasteiger charge is 2.39. The summed E-state index contributed by atoms with van der Waals surface area (Å²) < 4.78 is 33.3. The zero-order valence-electron chi connectivity index (χ0n) is 20.1. The van der Waals surface area contributed by atoms with Crippen LogP contribution in [0.25, 0.3) is 6.08 Å². The van der Waals surface area contributed by atoms with E-state index in [2.05, 4.69) is 4.98 Å². The molecule has 3 aromatic rings. The van der Waals surface area contributed by atoms with Crippen LogP contribution in [0.5, 0.6) is 34.6 Å². The highest BCUT2D eigenvalue weighted by molar-refractivity contribution is 6.15. The maximum atomic E-state index is 13.3. The Morgan fingerprint density at radius 3 is 2.44 bits per heavy atom. The monoisotopic (exact) mass is 489 g/mol. The van der Waals surface area contributed by atoms with Gasteiger partial charge in [0.05, 0.1) is 40.4 Å². The van der Waals surface area contributed by atoms with Gasteiger partial charge in [0, 0.05) is 23.2 Å². The second-order valence-electron chi connectivity index (χ2n) is 8.09. The molecule has 1 atom stereocenters. The molecular weight excluding hydrogens is 466 g/mol. The topological polar surface area (TPSA) is 102 Å². The van der Waals surface area contributed by atoms with E-state index in [0.29, 0.717) is 56.9 Å². The fourth-order valence-corrected chi connectivity index (χ4v) is 4.48. The molecule has 2 aliphatic rings. The largest absolute Gasteiger partial charge is 0.493 e. The number of nitrogens with zero attached hydrogens (tertiary/aromatic N) is 1. The average molecular weight is 489 g/mol. The van der Waals surface area contributed by atoms with Crippen molar-refractivity contribution in [1.29, 1.82) is 0 Å². The second-order valence-corrected chi connectivity index (χ2v) is 8.09. The van der Waals surface area contributed by atoms with Crippen LogP contribution in [0.4, 0.5) is 0 Å². The van der Waals surface area contributed by atoms with Crippen molar-refractivity contribution in [3.05, 3.63) is 70.6 Å². The van der Waals surface area contributed by atoms with Gasteiger partial charge in [-0.15, -0.1) is 0 Å². The quantitative estimate of drug-likeness (QED) is 0.365. The van der Waals surface area contributed by atoms with E-state index in [0.717, 1.165) is 0 Å². The summed E-state index contributed by atoms with van der Waals surface area (Å²) in [5, 5.41) is 0. The minimum Gasteiger partial charge on any atom is -0.493 e. The van der Waals surface area contributed by atoms with Crippen LogP contribution in [0.1, 0.15) is 39.4 Å². The number of allylic oxidation sites excluding steroid dienone is 1. The molecule has 1 aromatic heterocycles. The number of benzene rings is 2. The Kier molecular flexibility index (Phi) is 5.97. The Morgan fingerprint density at radius 2 is 1.78 bits per heavy atom. The van der Waals surface area contributed by atoms with Crippen LogP contribution >= 0.6 is 0 Å². The average Bonchev–Trinajstić information content (AvgIpc) is 3.22. The van der Waals surface area contributed by atoms with Crippen molar-refractivity contribution in [2.75, 3.05) is 28.4 Å². The molecule has 0 aliphatic carbocycles. The summed E-state index contributed by atoms with van der Waals surface area (Å²) in [5.41, 5.74) is 2.30. The third kappa shape index (κ3) is 3.78. The predicted octanol–water partition coefficient (Wildman–Crippen LogP) is 4.52. The lowest BCUT2D eigenvalue weighted by Gasteiger charge is -2.27. The number of fused-ring (bicyclic) bond motifs is 4. The molecule has 0 amide bonds. The van der Waals surface area contributed by atoms with Crippen molar-refractivity contribution in [1.82, 2.24) is 4.98 Å². The van der Waals surface area contributed by atoms with Gasteiger partial charge in [-0.3, -0.25) is 9.59 Å². The molecule has 2 aliphatic heterocycles. The number of hydrogen-bond donors (Lipinski definition) is 0. The van der Waals surface area contributed by atoms with Gasteiger partial charge in [0.2, 0.25) is 17.4 Å². The van der Waals surface area contributed by atoms with Crippen LogP contribution in [-0.2, 0) is 9.53 Å². The first-order valence-corrected chi connectivity index (χ1v) is 11.1. The fraction of sp³-hybridized carbons (Fsp3) is 0.222. The summed E-state index contributed by atoms with van der Waals surface area (Å²) in [6, 6.07) is 10.4. The first-order chi connectivity index (χ1) is 17.5. The molecule has 5 rings (SSSR count). The highest BCUT2D eigenvalue weighted by Crippen LogP contribution is 2.52. The van der Waals surface area contributed by atoms with E-state index in [4.69, 9.17) is 28.4 Å². The number of Topliss-reactive ketones (excluding diaryl/α,β-unsaturated/α-hetero) is 1. The summed E-state index contributed by atoms with van der Waals surface area (Å²) in [6.45, 7) is 0. The van der Waals surface area contributed by atoms with Crippen LogP contribution in [-0.4, -0.2) is 45.2 Å². The zero-order chi connectivity index (χ0) is 25.4. The van der Waals surface area contributed by atoms with Crippen LogP contribution in [0.3, 0.4) is 0 Å². The van der Waals surface area contributed by atoms with E-state index in [1.165, 1.54) is 28.4 Å². The molecule has 0 N–H and O–H groups in total. The number of carbonyl (C=O) groups excluding carboxylic acids is 2. The first kappa shape index (κ1) is 23.2. The van der Waals surface area contributed by atoms with Gasteiger partial charge >= 0.3 is 5.97 Å². The lowest BCUT2D eigenvalue weighted by molar-refractivity contribution is -0.140. The van der Waals surface area contributed by atoms with Gasteiger partial charge in [-0.1, -0.05) is 6.07 Å². The van der Waals surface area contributed by atoms with E-state index >= 15 is 0 Å². The van der Waals surface area contributed by atoms with Crippen LogP contribution in [0.15, 0.2) is 48.4 Å². The summed E-state index contributed by atoms with van der Waals surface area (Å²) in [5.74, 6) is 1.49. The number of ether oxygens (including phenoxy) is 6. The van der Waals surface area contributed by atoms with Gasteiger partial charge < -0.3 is 28.4 Å². The summed E-state index contributed by atoms with van der Waals surface area (Å²) in [4.78, 5) is 29.9. The number of ketones is 1. The van der Waals surface area contributed by atoms with Gasteiger partial charge in [-0.25, -0.2) is 4.98 Å². The van der Waals surface area contributed by atoms with E-state index in [1.807, 2.05) is 6.07 Å². The molecule has 0 fully saturated rings. The third-order valence-electron chi connectivity index (χ3n) is 6.15. The minimum absolute atomic E-state index is 0.0332. The van der Waals surface area contributed by atoms with E-state index < -0.39 is 11.9 Å². The van der Waals surface area contributed by atoms with Crippen molar-refractivity contribution in [3.8, 4) is 34.6 Å². The maximum absolute atomic E-state index is 13.3. The molecule has 3 heterocycles. The minimum atomic E-state index is -0.465. The highest BCUT2D eigenvalue weighted by atomic mass is 16.5. The standard InChI is InChI=1S/C27H23NO8/c1-31-20-11-14(12-21(32-2)26(20)34-4)10-19-24(30)16-7-8-18-23(25(16)35-19)17(13-22(29)33-3)15-6-5-9-28-27(15)36-18/h5-12,17H,13H2,1-4H3/b19-10-. The predicted molar refractivity (Wildman–Crippen MR) is 128 cm³/mol. The van der Waals surface area contributed by atoms with Crippen molar-refractivity contribution >= 4 is 17.8 Å². The lowest BCUT2D eigenvalue weighted by atomic mass is 9.85. The molecule has 1 unspecified atom stereocenters. The first-order valence-electron chi connectivity index (χ1n) is 11.1. The molecule has 0 bridgehead atoms. The van der Waals surface area contributed by atoms with Crippen LogP contribution < -0.4 is 23.7 Å². The van der Waals surface area contributed by atoms with E-state index in [9.17, 15) is 9.59 Å². The number of pyridine rings is 1. The SMILES string of the molecule is COC(=O)CC1c2cccnc2Oc2ccc3c(c21)O/C(=C\c1cc(OC)c(OC)c(OC)c1)C3=O. The number of rotatable bonds is 6. The molecule has 36 heavy (non-hydrogen) atoms. The molecule has 0 spiro atoms. The normalized spacial score (nSPS) is 16.3. The fourth-order valence-electron chi connectivity index (χ4n) is 4.48. The summed E-state index contributed by atoms with van der Waals surface area (Å²) >= 11 is 0. The third-order valence-corrected chi connectivity index (χ3v) is 6.15. The zero-order valence-corrected chi connectivity index (χ0v) is 20.1. The van der Waals surface area contributed by atoms with Gasteiger partial charge in [0.15, 0.2) is 17.3 Å². The van der Waals surface area contributed by atoms with Crippen molar-refractivity contribution in [3.63, 3.8) is 0 Å². The Bertz CT molecular complexity index is 1390. The van der Waals surface area contributed by atoms with Gasteiger partial charge in [-0.2, -0.15) is 0 Å². The van der Waals surface area contributed by atoms with Crippen molar-refractivity contribution in [2.45, 2.75) is 12.3 Å². The Labute approximate surface area is 207 Å². The maximum Gasteiger partial charge on any atom is 0.306 e. The Balaban J connectivity index is 1.59. The summed E-state index contributed by atoms with van der Waals surface area (Å²) in [7, 11) is 5.88. The lowest BCUT2D eigenvalue weighted by Crippen LogP contribution is -2.16. The molecule has 0 saturated carbocycles. The van der Waals surface area contributed by atoms with Crippen LogP contribution in [0, 0.1) is 0 Å². The number of aromatic nitrogens is 1. The molecule has 9 heteroatoms. The van der Waals surface area contributed by atoms with Gasteiger partial charge in [-0.05, 0) is 42.0 Å². The Hall–Kier alpha value is -4.53. The number of carbonyl (C=O) groups is 2. The smallest absolute Gasteiger partial charge is 0.306 e. The van der Waals surface area contributed by atoms with Crippen molar-refractivity contribution in [2.24, 2.45) is 0 Å². The van der Waals surface area contributed by atoms with Gasteiger partial charge in [0.25, 0.3) is 0 Å². The molecular formula is C27H23NO8. The molecule has 2 aromatic carbocycles. The molecule has 184 valence electrons. The molecule has 9 nitrogen and oxygen atoms in total. The molecule has 0 saturated heterocycles. The Morgan fingerprint density at radius 1 is 1.03 bits per heavy atom. The molecule has 0 radical (unpaired) electrons. The van der Waals surface area contributed by atoms with Crippen LogP contribution in [0.2, 0.25) is 0 Å². The van der Waals surface area contributed by atoms with E-state index in [-0.39, 0.29) is 18.0 Å². The van der Waals surface area contributed by atoms with Crippen molar-refractivity contribution < 1.29 is 38.0 Å². The summed E-state index contributed by atoms with van der Waals surface area (Å²) in [6.07, 6.45) is 3.25. The van der Waals surface area contributed by atoms with E-state index in [1.54, 1.807) is 42.6 Å². The van der Waals surface area contributed by atoms with Gasteiger partial charge in [0.1, 0.15) is 11.5 Å². The number of hydrogen-bond acceptors (Lipinski definition) is 9.